The molecule has 2 heterocycles. The summed E-state index contributed by atoms with van der Waals surface area (Å²) in [6.07, 6.45) is 3.02. The Balaban J connectivity index is 1.51. The molecule has 2 aliphatic rings. The quantitative estimate of drug-likeness (QED) is 0.544. The van der Waals surface area contributed by atoms with Crippen LogP contribution >= 0.6 is 12.2 Å². The Kier molecular flexibility index (Phi) is 8.07. The third-order valence-electron chi connectivity index (χ3n) is 6.61. The van der Waals surface area contributed by atoms with E-state index in [9.17, 15) is 18.4 Å². The van der Waals surface area contributed by atoms with Gasteiger partial charge in [-0.05, 0) is 106 Å². The molecule has 0 aliphatic carbocycles. The molecule has 1 N–H and O–H groups in total. The number of benzene rings is 2. The highest BCUT2D eigenvalue weighted by Gasteiger charge is 2.45. The van der Waals surface area contributed by atoms with Crippen molar-refractivity contribution in [2.45, 2.75) is 38.6 Å². The highest BCUT2D eigenvalue weighted by molar-refractivity contribution is 7.80. The first-order valence-electron chi connectivity index (χ1n) is 12.0. The lowest BCUT2D eigenvalue weighted by molar-refractivity contribution is -0.124. The van der Waals surface area contributed by atoms with E-state index < -0.39 is 17.7 Å². The fourth-order valence-electron chi connectivity index (χ4n) is 4.78. The van der Waals surface area contributed by atoms with Crippen molar-refractivity contribution in [3.05, 3.63) is 60.2 Å². The van der Waals surface area contributed by atoms with Crippen molar-refractivity contribution < 1.29 is 18.4 Å². The second-order valence-corrected chi connectivity index (χ2v) is 9.51. The topological polar surface area (TPSA) is 55.9 Å². The van der Waals surface area contributed by atoms with Gasteiger partial charge in [-0.3, -0.25) is 14.5 Å². The van der Waals surface area contributed by atoms with Crippen molar-refractivity contribution in [2.24, 2.45) is 5.92 Å². The predicted octanol–water partition coefficient (Wildman–Crippen LogP) is 4.42. The van der Waals surface area contributed by atoms with E-state index in [0.717, 1.165) is 38.9 Å². The number of likely N-dealkylation sites (tertiary alicyclic amines) is 1. The number of hydrogen-bond acceptors (Lipinski definition) is 4. The summed E-state index contributed by atoms with van der Waals surface area (Å²) in [5.41, 5.74) is 0.931. The standard InChI is InChI=1S/C26H30F2N4O2S/c1-2-13-30-14-11-18(12-15-30)17-31-23(16-24(33)29-21-7-3-19(27)4-8-21)25(34)32(26(31)35)22-9-5-20(28)6-10-22/h3-10,18,23H,2,11-17H2,1H3,(H,29,33)/t23-/m0/s1. The molecule has 186 valence electrons. The predicted molar refractivity (Wildman–Crippen MR) is 136 cm³/mol. The van der Waals surface area contributed by atoms with Gasteiger partial charge in [0.05, 0.1) is 12.1 Å². The molecular weight excluding hydrogens is 470 g/mol. The van der Waals surface area contributed by atoms with E-state index in [-0.39, 0.29) is 18.2 Å². The monoisotopic (exact) mass is 500 g/mol. The highest BCUT2D eigenvalue weighted by Crippen LogP contribution is 2.30. The van der Waals surface area contributed by atoms with Crippen LogP contribution in [0, 0.1) is 17.6 Å². The number of piperidine rings is 1. The number of rotatable bonds is 8. The Morgan fingerprint density at radius 2 is 1.63 bits per heavy atom. The third kappa shape index (κ3) is 6.02. The van der Waals surface area contributed by atoms with Crippen molar-refractivity contribution in [3.8, 4) is 0 Å². The Labute approximate surface area is 209 Å². The van der Waals surface area contributed by atoms with Crippen LogP contribution < -0.4 is 10.2 Å². The molecule has 0 radical (unpaired) electrons. The number of carbonyl (C=O) groups excluding carboxylic acids is 2. The SMILES string of the molecule is CCCN1CCC(CN2C(=S)N(c3ccc(F)cc3)C(=O)[C@@H]2CC(=O)Nc2ccc(F)cc2)CC1. The smallest absolute Gasteiger partial charge is 0.256 e. The van der Waals surface area contributed by atoms with E-state index in [2.05, 4.69) is 17.1 Å². The number of carbonyl (C=O) groups is 2. The Hall–Kier alpha value is -2.91. The van der Waals surface area contributed by atoms with Gasteiger partial charge < -0.3 is 15.1 Å². The summed E-state index contributed by atoms with van der Waals surface area (Å²) >= 11 is 5.71. The molecular formula is C26H30F2N4O2S. The minimum atomic E-state index is -0.762. The van der Waals surface area contributed by atoms with Gasteiger partial charge in [-0.15, -0.1) is 0 Å². The largest absolute Gasteiger partial charge is 0.336 e. The molecule has 2 amide bonds. The molecule has 2 aromatic rings. The lowest BCUT2D eigenvalue weighted by Gasteiger charge is -2.35. The number of nitrogens with zero attached hydrogens (tertiary/aromatic N) is 3. The molecule has 4 rings (SSSR count). The van der Waals surface area contributed by atoms with Crippen molar-refractivity contribution in [1.82, 2.24) is 9.80 Å². The fraction of sp³-hybridized carbons (Fsp3) is 0.423. The molecule has 6 nitrogen and oxygen atoms in total. The fourth-order valence-corrected chi connectivity index (χ4v) is 5.17. The second-order valence-electron chi connectivity index (χ2n) is 9.15. The summed E-state index contributed by atoms with van der Waals surface area (Å²) in [6, 6.07) is 10.3. The zero-order chi connectivity index (χ0) is 24.9. The van der Waals surface area contributed by atoms with Crippen LogP contribution in [-0.2, 0) is 9.59 Å². The number of hydrogen-bond donors (Lipinski definition) is 1. The van der Waals surface area contributed by atoms with Crippen LogP contribution in [-0.4, -0.2) is 58.9 Å². The molecule has 0 unspecified atom stereocenters. The maximum absolute atomic E-state index is 13.5. The van der Waals surface area contributed by atoms with Crippen molar-refractivity contribution >= 4 is 40.5 Å². The van der Waals surface area contributed by atoms with Crippen LogP contribution in [0.4, 0.5) is 20.2 Å². The number of nitrogens with one attached hydrogen (secondary N) is 1. The molecule has 2 aliphatic heterocycles. The second kappa shape index (κ2) is 11.2. The molecule has 0 bridgehead atoms. The van der Waals surface area contributed by atoms with Crippen LogP contribution in [0.2, 0.25) is 0 Å². The van der Waals surface area contributed by atoms with Crippen LogP contribution in [0.15, 0.2) is 48.5 Å². The van der Waals surface area contributed by atoms with Crippen molar-refractivity contribution in [2.75, 3.05) is 36.4 Å². The first-order valence-corrected chi connectivity index (χ1v) is 12.4. The van der Waals surface area contributed by atoms with Gasteiger partial charge in [-0.2, -0.15) is 0 Å². The zero-order valence-electron chi connectivity index (χ0n) is 19.8. The zero-order valence-corrected chi connectivity index (χ0v) is 20.6. The number of thiocarbonyl (C=S) groups is 1. The molecule has 9 heteroatoms. The summed E-state index contributed by atoms with van der Waals surface area (Å²) in [5, 5.41) is 3.07. The summed E-state index contributed by atoms with van der Waals surface area (Å²) in [7, 11) is 0. The first-order chi connectivity index (χ1) is 16.9. The Bertz CT molecular complexity index is 1060. The Morgan fingerprint density at radius 1 is 1.03 bits per heavy atom. The lowest BCUT2D eigenvalue weighted by atomic mass is 9.95. The van der Waals surface area contributed by atoms with Gasteiger partial charge in [-0.1, -0.05) is 6.92 Å². The molecule has 2 aromatic carbocycles. The van der Waals surface area contributed by atoms with E-state index in [0.29, 0.717) is 28.9 Å². The molecule has 2 fully saturated rings. The van der Waals surface area contributed by atoms with Gasteiger partial charge in [0.1, 0.15) is 17.7 Å². The van der Waals surface area contributed by atoms with E-state index in [1.165, 1.54) is 53.4 Å². The van der Waals surface area contributed by atoms with Crippen LogP contribution in [0.1, 0.15) is 32.6 Å². The third-order valence-corrected chi connectivity index (χ3v) is 7.03. The summed E-state index contributed by atoms with van der Waals surface area (Å²) in [4.78, 5) is 32.0. The summed E-state index contributed by atoms with van der Waals surface area (Å²) in [5.74, 6) is -1.12. The highest BCUT2D eigenvalue weighted by atomic mass is 32.1. The van der Waals surface area contributed by atoms with Crippen LogP contribution in [0.5, 0.6) is 0 Å². The van der Waals surface area contributed by atoms with Gasteiger partial charge >= 0.3 is 0 Å². The number of anilines is 2. The molecule has 2 saturated heterocycles. The summed E-state index contributed by atoms with van der Waals surface area (Å²) in [6.45, 7) is 5.84. The minimum Gasteiger partial charge on any atom is -0.336 e. The lowest BCUT2D eigenvalue weighted by Crippen LogP contribution is -2.44. The van der Waals surface area contributed by atoms with E-state index >= 15 is 0 Å². The molecule has 1 atom stereocenters. The van der Waals surface area contributed by atoms with E-state index in [4.69, 9.17) is 12.2 Å². The molecule has 35 heavy (non-hydrogen) atoms. The van der Waals surface area contributed by atoms with Crippen LogP contribution in [0.25, 0.3) is 0 Å². The molecule has 0 saturated carbocycles. The van der Waals surface area contributed by atoms with Gasteiger partial charge in [0.25, 0.3) is 5.91 Å². The Morgan fingerprint density at radius 3 is 2.23 bits per heavy atom. The van der Waals surface area contributed by atoms with Gasteiger partial charge in [0.2, 0.25) is 5.91 Å². The summed E-state index contributed by atoms with van der Waals surface area (Å²) < 4.78 is 26.7. The van der Waals surface area contributed by atoms with E-state index in [1.807, 2.05) is 4.90 Å². The average molecular weight is 501 g/mol. The minimum absolute atomic E-state index is 0.0945. The van der Waals surface area contributed by atoms with Crippen molar-refractivity contribution in [1.29, 1.82) is 0 Å². The average Bonchev–Trinajstić information content (AvgIpc) is 3.06. The maximum Gasteiger partial charge on any atom is 0.256 e. The molecule has 0 aromatic heterocycles. The van der Waals surface area contributed by atoms with Gasteiger partial charge in [0.15, 0.2) is 5.11 Å². The van der Waals surface area contributed by atoms with Crippen LogP contribution in [0.3, 0.4) is 0 Å². The molecule has 0 spiro atoms. The maximum atomic E-state index is 13.5. The van der Waals surface area contributed by atoms with Gasteiger partial charge in [0, 0.05) is 12.2 Å². The number of halogens is 2. The van der Waals surface area contributed by atoms with Crippen molar-refractivity contribution in [3.63, 3.8) is 0 Å². The van der Waals surface area contributed by atoms with Gasteiger partial charge in [-0.25, -0.2) is 8.78 Å². The normalized spacial score (nSPS) is 19.5. The first kappa shape index (κ1) is 25.2. The van der Waals surface area contributed by atoms with E-state index in [1.54, 1.807) is 0 Å². The number of amides is 2.